The number of rotatable bonds is 0. The summed E-state index contributed by atoms with van der Waals surface area (Å²) in [5.41, 5.74) is 1.02. The number of hydrogen-bond donors (Lipinski definition) is 1. The quantitative estimate of drug-likeness (QED) is 0.734. The first-order chi connectivity index (χ1) is 7.79. The van der Waals surface area contributed by atoms with Gasteiger partial charge in [0.25, 0.3) is 0 Å². The van der Waals surface area contributed by atoms with E-state index in [4.69, 9.17) is 5.26 Å². The highest BCUT2D eigenvalue weighted by molar-refractivity contribution is 5.90. The number of hydrogen-bond acceptors (Lipinski definition) is 3. The molecule has 2 rings (SSSR count). The predicted octanol–water partition coefficient (Wildman–Crippen LogP) is 1.60. The number of carbonyl (C=O) groups excluding carboxylic acids is 1. The monoisotopic (exact) mass is 229 g/mol. The van der Waals surface area contributed by atoms with E-state index in [-0.39, 0.29) is 5.91 Å². The van der Waals surface area contributed by atoms with Gasteiger partial charge < -0.3 is 5.32 Å². The highest BCUT2D eigenvalue weighted by Crippen LogP contribution is 2.37. The number of pyridine rings is 1. The van der Waals surface area contributed by atoms with Crippen molar-refractivity contribution >= 4 is 5.91 Å². The highest BCUT2D eigenvalue weighted by atomic mass is 16.2. The molecule has 0 aromatic carbocycles. The molecule has 0 spiro atoms. The van der Waals surface area contributed by atoms with Crippen molar-refractivity contribution in [3.8, 4) is 6.07 Å². The second-order valence-corrected chi connectivity index (χ2v) is 5.44. The minimum absolute atomic E-state index is 0.0353. The topological polar surface area (TPSA) is 65.8 Å². The zero-order valence-corrected chi connectivity index (χ0v) is 10.5. The van der Waals surface area contributed by atoms with Crippen molar-refractivity contribution in [1.29, 1.82) is 5.26 Å². The molecule has 17 heavy (non-hydrogen) atoms. The normalized spacial score (nSPS) is 20.1. The van der Waals surface area contributed by atoms with E-state index < -0.39 is 11.0 Å². The fraction of sp³-hybridized carbons (Fsp3) is 0.462. The van der Waals surface area contributed by atoms with Crippen LogP contribution in [0.15, 0.2) is 12.3 Å². The summed E-state index contributed by atoms with van der Waals surface area (Å²) in [4.78, 5) is 16.4. The Morgan fingerprint density at radius 3 is 2.59 bits per heavy atom. The van der Waals surface area contributed by atoms with Crippen LogP contribution in [0.2, 0.25) is 0 Å². The average Bonchev–Trinajstić information content (AvgIpc) is 2.26. The van der Waals surface area contributed by atoms with E-state index in [1.807, 2.05) is 27.7 Å². The van der Waals surface area contributed by atoms with Crippen molar-refractivity contribution in [1.82, 2.24) is 10.3 Å². The number of nitrogens with one attached hydrogen (secondary N) is 1. The van der Waals surface area contributed by atoms with Gasteiger partial charge in [0, 0.05) is 6.20 Å². The average molecular weight is 229 g/mol. The summed E-state index contributed by atoms with van der Waals surface area (Å²) in [5, 5.41) is 11.9. The van der Waals surface area contributed by atoms with Crippen molar-refractivity contribution in [2.45, 2.75) is 38.6 Å². The van der Waals surface area contributed by atoms with Crippen molar-refractivity contribution in [2.24, 2.45) is 0 Å². The molecule has 4 heteroatoms. The van der Waals surface area contributed by atoms with Gasteiger partial charge in [-0.2, -0.15) is 5.26 Å². The second-order valence-electron chi connectivity index (χ2n) is 5.44. The summed E-state index contributed by atoms with van der Waals surface area (Å²) in [5.74, 6) is -0.0353. The Kier molecular flexibility index (Phi) is 2.25. The van der Waals surface area contributed by atoms with Gasteiger partial charge in [0.1, 0.15) is 6.07 Å². The second kappa shape index (κ2) is 3.30. The lowest BCUT2D eigenvalue weighted by Crippen LogP contribution is -2.55. The number of fused-ring (bicyclic) bond motifs is 1. The van der Waals surface area contributed by atoms with E-state index in [1.54, 1.807) is 12.3 Å². The van der Waals surface area contributed by atoms with Crippen molar-refractivity contribution in [3.05, 3.63) is 29.1 Å². The van der Waals surface area contributed by atoms with Gasteiger partial charge >= 0.3 is 0 Å². The lowest BCUT2D eigenvalue weighted by molar-refractivity contribution is -0.128. The summed E-state index contributed by atoms with van der Waals surface area (Å²) >= 11 is 0. The third-order valence-electron chi connectivity index (χ3n) is 3.28. The van der Waals surface area contributed by atoms with Gasteiger partial charge in [0.2, 0.25) is 5.91 Å². The van der Waals surface area contributed by atoms with Crippen LogP contribution < -0.4 is 5.32 Å². The molecular formula is C13H15N3O. The van der Waals surface area contributed by atoms with Crippen LogP contribution in [0.4, 0.5) is 0 Å². The molecular weight excluding hydrogens is 214 g/mol. The first-order valence-corrected chi connectivity index (χ1v) is 5.53. The Hall–Kier alpha value is -1.89. The van der Waals surface area contributed by atoms with Gasteiger partial charge in [-0.15, -0.1) is 0 Å². The summed E-state index contributed by atoms with van der Waals surface area (Å²) < 4.78 is 0. The number of aromatic nitrogens is 1. The van der Waals surface area contributed by atoms with E-state index in [2.05, 4.69) is 16.4 Å². The van der Waals surface area contributed by atoms with Crippen LogP contribution in [0.25, 0.3) is 0 Å². The van der Waals surface area contributed by atoms with Gasteiger partial charge in [-0.3, -0.25) is 9.78 Å². The molecule has 2 heterocycles. The first kappa shape index (κ1) is 11.6. The molecule has 0 bridgehead atoms. The van der Waals surface area contributed by atoms with Gasteiger partial charge in [0.15, 0.2) is 0 Å². The van der Waals surface area contributed by atoms with Crippen LogP contribution in [-0.4, -0.2) is 10.9 Å². The van der Waals surface area contributed by atoms with Gasteiger partial charge in [-0.25, -0.2) is 0 Å². The molecule has 1 aromatic heterocycles. The minimum atomic E-state index is -0.648. The van der Waals surface area contributed by atoms with Crippen LogP contribution in [-0.2, 0) is 15.7 Å². The molecule has 0 fully saturated rings. The number of nitriles is 1. The van der Waals surface area contributed by atoms with E-state index in [0.29, 0.717) is 5.56 Å². The van der Waals surface area contributed by atoms with Gasteiger partial charge in [-0.1, -0.05) is 0 Å². The standard InChI is InChI=1S/C13H15N3O/c1-12(2)9-5-8(6-14)7-15-10(9)13(3,4)16-11(12)17/h5,7H,1-4H3,(H,16,17). The number of nitrogens with zero attached hydrogens (tertiary/aromatic N) is 2. The molecule has 0 unspecified atom stereocenters. The Morgan fingerprint density at radius 1 is 1.35 bits per heavy atom. The molecule has 0 aliphatic carbocycles. The highest BCUT2D eigenvalue weighted by Gasteiger charge is 2.44. The van der Waals surface area contributed by atoms with Crippen molar-refractivity contribution in [2.75, 3.05) is 0 Å². The zero-order chi connectivity index (χ0) is 12.8. The van der Waals surface area contributed by atoms with E-state index >= 15 is 0 Å². The van der Waals surface area contributed by atoms with Crippen LogP contribution in [0.1, 0.15) is 44.5 Å². The van der Waals surface area contributed by atoms with Crippen molar-refractivity contribution in [3.63, 3.8) is 0 Å². The summed E-state index contributed by atoms with van der Waals surface area (Å²) in [6, 6.07) is 3.83. The maximum Gasteiger partial charge on any atom is 0.230 e. The van der Waals surface area contributed by atoms with E-state index in [9.17, 15) is 4.79 Å². The predicted molar refractivity (Wildman–Crippen MR) is 63.1 cm³/mol. The van der Waals surface area contributed by atoms with E-state index in [1.165, 1.54) is 0 Å². The number of amides is 1. The molecule has 0 saturated heterocycles. The Labute approximate surface area is 101 Å². The molecule has 1 amide bonds. The van der Waals surface area contributed by atoms with Crippen LogP contribution in [0.5, 0.6) is 0 Å². The molecule has 1 aromatic rings. The largest absolute Gasteiger partial charge is 0.345 e. The lowest BCUT2D eigenvalue weighted by atomic mass is 9.74. The Balaban J connectivity index is 2.74. The summed E-state index contributed by atoms with van der Waals surface area (Å²) in [6.07, 6.45) is 1.55. The Morgan fingerprint density at radius 2 is 2.00 bits per heavy atom. The summed E-state index contributed by atoms with van der Waals surface area (Å²) in [6.45, 7) is 7.52. The van der Waals surface area contributed by atoms with Crippen molar-refractivity contribution < 1.29 is 4.79 Å². The molecule has 0 atom stereocenters. The minimum Gasteiger partial charge on any atom is -0.345 e. The molecule has 0 saturated carbocycles. The molecule has 0 radical (unpaired) electrons. The Bertz CT molecular complexity index is 538. The third kappa shape index (κ3) is 1.59. The molecule has 1 aliphatic rings. The fourth-order valence-electron chi connectivity index (χ4n) is 2.12. The maximum atomic E-state index is 12.1. The van der Waals surface area contributed by atoms with Gasteiger partial charge in [-0.05, 0) is 39.3 Å². The summed E-state index contributed by atoms with van der Waals surface area (Å²) in [7, 11) is 0. The first-order valence-electron chi connectivity index (χ1n) is 5.53. The van der Waals surface area contributed by atoms with Crippen LogP contribution in [0, 0.1) is 11.3 Å². The third-order valence-corrected chi connectivity index (χ3v) is 3.28. The molecule has 1 aliphatic heterocycles. The zero-order valence-electron chi connectivity index (χ0n) is 10.5. The van der Waals surface area contributed by atoms with Crippen LogP contribution >= 0.6 is 0 Å². The fourth-order valence-corrected chi connectivity index (χ4v) is 2.12. The molecule has 88 valence electrons. The van der Waals surface area contributed by atoms with Gasteiger partial charge in [0.05, 0.1) is 22.2 Å². The smallest absolute Gasteiger partial charge is 0.230 e. The lowest BCUT2D eigenvalue weighted by Gasteiger charge is -2.40. The van der Waals surface area contributed by atoms with E-state index in [0.717, 1.165) is 11.3 Å². The molecule has 1 N–H and O–H groups in total. The maximum absolute atomic E-state index is 12.1. The van der Waals surface area contributed by atoms with Crippen LogP contribution in [0.3, 0.4) is 0 Å². The SMILES string of the molecule is CC1(C)NC(=O)C(C)(C)c2cc(C#N)cnc21. The number of carbonyl (C=O) groups is 1. The molecule has 4 nitrogen and oxygen atoms in total.